The molecule has 198 valence electrons. The molecule has 0 fully saturated rings. The number of amides is 1. The zero-order valence-electron chi connectivity index (χ0n) is 20.2. The molecule has 5 aromatic rings. The van der Waals surface area contributed by atoms with E-state index in [0.29, 0.717) is 33.9 Å². The SMILES string of the molecule is N[C@@H](Cc1ccc2oc(-c3cc4ccccc4o3)nc2c1)C(=O)N[C@@H](Cc1ccc(O)c([N+](=O)[O-])c1)C(=O)O. The van der Waals surface area contributed by atoms with Crippen LogP contribution in [0.2, 0.25) is 0 Å². The summed E-state index contributed by atoms with van der Waals surface area (Å²) >= 11 is 0. The predicted octanol–water partition coefficient (Wildman–Crippen LogP) is 3.54. The van der Waals surface area contributed by atoms with Crippen LogP contribution < -0.4 is 11.1 Å². The Balaban J connectivity index is 1.27. The molecule has 0 spiro atoms. The molecule has 12 heteroatoms. The summed E-state index contributed by atoms with van der Waals surface area (Å²) in [6.45, 7) is 0. The number of phenols is 1. The standard InChI is InChI=1S/C27H22N4O8/c28-17(25(33)29-19(27(34)35)11-15-5-7-21(32)20(12-15)31(36)37)9-14-6-8-23-18(10-14)30-26(39-23)24-13-16-3-1-2-4-22(16)38-24/h1-8,10,12-13,17,19,32H,9,11,28H2,(H,29,33)(H,34,35)/t17-,19-/m0/s1. The number of nitro benzene ring substituents is 1. The second-order valence-electron chi connectivity index (χ2n) is 8.96. The van der Waals surface area contributed by atoms with Crippen LogP contribution in [-0.4, -0.2) is 44.1 Å². The number of fused-ring (bicyclic) bond motifs is 2. The van der Waals surface area contributed by atoms with Gasteiger partial charge in [-0.2, -0.15) is 0 Å². The van der Waals surface area contributed by atoms with Gasteiger partial charge in [-0.25, -0.2) is 9.78 Å². The van der Waals surface area contributed by atoms with E-state index < -0.39 is 40.3 Å². The van der Waals surface area contributed by atoms with Gasteiger partial charge in [0.05, 0.1) is 11.0 Å². The normalized spacial score (nSPS) is 12.8. The van der Waals surface area contributed by atoms with Gasteiger partial charge in [0, 0.05) is 17.9 Å². The number of carboxylic acid groups (broad SMARTS) is 1. The number of aromatic hydroxyl groups is 1. The number of aliphatic carboxylic acids is 1. The number of aromatic nitrogens is 1. The van der Waals surface area contributed by atoms with Gasteiger partial charge in [-0.15, -0.1) is 0 Å². The van der Waals surface area contributed by atoms with Crippen LogP contribution in [0.4, 0.5) is 5.69 Å². The Morgan fingerprint density at radius 1 is 1.00 bits per heavy atom. The Morgan fingerprint density at radius 3 is 2.49 bits per heavy atom. The highest BCUT2D eigenvalue weighted by atomic mass is 16.6. The van der Waals surface area contributed by atoms with Gasteiger partial charge in [-0.1, -0.05) is 30.3 Å². The monoisotopic (exact) mass is 530 g/mol. The minimum atomic E-state index is -1.39. The number of nitro groups is 1. The lowest BCUT2D eigenvalue weighted by Crippen LogP contribution is -2.50. The van der Waals surface area contributed by atoms with Gasteiger partial charge in [0.15, 0.2) is 17.1 Å². The van der Waals surface area contributed by atoms with Gasteiger partial charge in [-0.05, 0) is 47.9 Å². The van der Waals surface area contributed by atoms with E-state index in [1.165, 1.54) is 6.07 Å². The van der Waals surface area contributed by atoms with Gasteiger partial charge in [0.1, 0.15) is 17.1 Å². The molecule has 3 aromatic carbocycles. The molecule has 0 aliphatic carbocycles. The molecule has 0 aliphatic heterocycles. The van der Waals surface area contributed by atoms with Crippen molar-refractivity contribution >= 4 is 39.6 Å². The zero-order chi connectivity index (χ0) is 27.7. The third-order valence-electron chi connectivity index (χ3n) is 6.17. The fourth-order valence-corrected chi connectivity index (χ4v) is 4.20. The van der Waals surface area contributed by atoms with E-state index in [-0.39, 0.29) is 18.4 Å². The van der Waals surface area contributed by atoms with E-state index in [0.717, 1.165) is 17.5 Å². The first kappa shape index (κ1) is 25.4. The topological polar surface area (TPSA) is 195 Å². The first-order valence-electron chi connectivity index (χ1n) is 11.8. The number of nitrogens with zero attached hydrogens (tertiary/aromatic N) is 2. The van der Waals surface area contributed by atoms with Crippen molar-refractivity contribution in [2.24, 2.45) is 5.73 Å². The summed E-state index contributed by atoms with van der Waals surface area (Å²) in [6.07, 6.45) is -0.157. The molecule has 39 heavy (non-hydrogen) atoms. The van der Waals surface area contributed by atoms with Crippen LogP contribution in [0, 0.1) is 10.1 Å². The number of carbonyl (C=O) groups excluding carboxylic acids is 1. The molecule has 1 amide bonds. The largest absolute Gasteiger partial charge is 0.502 e. The van der Waals surface area contributed by atoms with E-state index >= 15 is 0 Å². The fourth-order valence-electron chi connectivity index (χ4n) is 4.20. The first-order valence-corrected chi connectivity index (χ1v) is 11.8. The Labute approximate surface area is 219 Å². The van der Waals surface area contributed by atoms with Crippen LogP contribution in [0.3, 0.4) is 0 Å². The molecule has 12 nitrogen and oxygen atoms in total. The molecule has 0 saturated heterocycles. The molecule has 2 heterocycles. The Hall–Kier alpha value is -5.23. The van der Waals surface area contributed by atoms with Gasteiger partial charge >= 0.3 is 11.7 Å². The van der Waals surface area contributed by atoms with Gasteiger partial charge in [-0.3, -0.25) is 14.9 Å². The highest BCUT2D eigenvalue weighted by Crippen LogP contribution is 2.30. The van der Waals surface area contributed by atoms with Crippen molar-refractivity contribution < 1.29 is 33.6 Å². The van der Waals surface area contributed by atoms with E-state index in [2.05, 4.69) is 10.3 Å². The maximum atomic E-state index is 12.7. The highest BCUT2D eigenvalue weighted by molar-refractivity contribution is 5.87. The smallest absolute Gasteiger partial charge is 0.326 e. The van der Waals surface area contributed by atoms with Crippen molar-refractivity contribution in [3.05, 3.63) is 88.0 Å². The summed E-state index contributed by atoms with van der Waals surface area (Å²) in [6, 6.07) is 15.5. The number of hydrogen-bond donors (Lipinski definition) is 4. The first-order chi connectivity index (χ1) is 18.7. The maximum absolute atomic E-state index is 12.7. The number of rotatable bonds is 9. The number of para-hydroxylation sites is 1. The van der Waals surface area contributed by atoms with E-state index in [1.54, 1.807) is 18.2 Å². The quantitative estimate of drug-likeness (QED) is 0.162. The molecule has 0 bridgehead atoms. The summed E-state index contributed by atoms with van der Waals surface area (Å²) in [5.74, 6) is -1.81. The van der Waals surface area contributed by atoms with Gasteiger partial charge in [0.2, 0.25) is 5.91 Å². The van der Waals surface area contributed by atoms with Crippen LogP contribution in [0.15, 0.2) is 75.6 Å². The molecular weight excluding hydrogens is 508 g/mol. The number of nitrogens with one attached hydrogen (secondary N) is 1. The minimum Gasteiger partial charge on any atom is -0.502 e. The molecule has 0 radical (unpaired) electrons. The number of carbonyl (C=O) groups is 2. The van der Waals surface area contributed by atoms with E-state index in [4.69, 9.17) is 14.6 Å². The Morgan fingerprint density at radius 2 is 1.74 bits per heavy atom. The number of phenolic OH excluding ortho intramolecular Hbond substituents is 1. The molecule has 2 aromatic heterocycles. The zero-order valence-corrected chi connectivity index (χ0v) is 20.2. The van der Waals surface area contributed by atoms with Crippen molar-refractivity contribution in [1.82, 2.24) is 10.3 Å². The maximum Gasteiger partial charge on any atom is 0.326 e. The number of carboxylic acids is 1. The van der Waals surface area contributed by atoms with Crippen molar-refractivity contribution in [2.75, 3.05) is 0 Å². The second-order valence-corrected chi connectivity index (χ2v) is 8.96. The number of nitrogens with two attached hydrogens (primary N) is 1. The molecule has 0 aliphatic rings. The second kappa shape index (κ2) is 10.3. The van der Waals surface area contributed by atoms with Crippen molar-refractivity contribution in [1.29, 1.82) is 0 Å². The highest BCUT2D eigenvalue weighted by Gasteiger charge is 2.25. The molecule has 2 atom stereocenters. The van der Waals surface area contributed by atoms with Crippen molar-refractivity contribution in [3.63, 3.8) is 0 Å². The van der Waals surface area contributed by atoms with Crippen LogP contribution in [0.5, 0.6) is 5.75 Å². The summed E-state index contributed by atoms with van der Waals surface area (Å²) in [4.78, 5) is 39.3. The number of oxazole rings is 1. The van der Waals surface area contributed by atoms with Crippen LogP contribution in [0.25, 0.3) is 33.7 Å². The lowest BCUT2D eigenvalue weighted by atomic mass is 10.0. The third-order valence-corrected chi connectivity index (χ3v) is 6.17. The summed E-state index contributed by atoms with van der Waals surface area (Å²) in [7, 11) is 0. The van der Waals surface area contributed by atoms with Gasteiger partial charge < -0.3 is 30.1 Å². The average Bonchev–Trinajstić information content (AvgIpc) is 3.53. The molecule has 0 saturated carbocycles. The lowest BCUT2D eigenvalue weighted by molar-refractivity contribution is -0.385. The molecule has 5 rings (SSSR count). The third kappa shape index (κ3) is 5.40. The average molecular weight is 530 g/mol. The Bertz CT molecular complexity index is 1690. The van der Waals surface area contributed by atoms with Crippen molar-refractivity contribution in [2.45, 2.75) is 24.9 Å². The summed E-state index contributed by atoms with van der Waals surface area (Å²) < 4.78 is 11.6. The fraction of sp³-hybridized carbons (Fsp3) is 0.148. The van der Waals surface area contributed by atoms with E-state index in [9.17, 15) is 29.9 Å². The molecular formula is C27H22N4O8. The van der Waals surface area contributed by atoms with E-state index in [1.807, 2.05) is 30.3 Å². The number of furan rings is 1. The molecule has 0 unspecified atom stereocenters. The molecule has 5 N–H and O–H groups in total. The van der Waals surface area contributed by atoms with Crippen LogP contribution in [0.1, 0.15) is 11.1 Å². The summed E-state index contributed by atoms with van der Waals surface area (Å²) in [5.41, 5.74) is 8.19. The van der Waals surface area contributed by atoms with Crippen molar-refractivity contribution in [3.8, 4) is 17.4 Å². The number of hydrogen-bond acceptors (Lipinski definition) is 9. The minimum absolute atomic E-state index is 0.0889. The van der Waals surface area contributed by atoms with Gasteiger partial charge in [0.25, 0.3) is 5.89 Å². The van der Waals surface area contributed by atoms with Crippen LogP contribution >= 0.6 is 0 Å². The Kier molecular flexibility index (Phi) is 6.69. The summed E-state index contributed by atoms with van der Waals surface area (Å²) in [5, 5.41) is 33.5. The number of benzene rings is 3. The predicted molar refractivity (Wildman–Crippen MR) is 139 cm³/mol. The van der Waals surface area contributed by atoms with Crippen LogP contribution in [-0.2, 0) is 22.4 Å². The lowest BCUT2D eigenvalue weighted by Gasteiger charge is -2.18.